The molecule has 0 aliphatic carbocycles. The highest BCUT2D eigenvalue weighted by atomic mass is 31.1. The number of nitrogen functional groups attached to an aromatic ring is 1. The van der Waals surface area contributed by atoms with E-state index in [1.807, 2.05) is 4.90 Å². The van der Waals surface area contributed by atoms with Crippen LogP contribution in [0.15, 0.2) is 4.79 Å². The fourth-order valence-corrected chi connectivity index (χ4v) is 2.70. The Bertz CT molecular complexity index is 595. The molecule has 1 aromatic rings. The van der Waals surface area contributed by atoms with Crippen molar-refractivity contribution in [3.63, 3.8) is 0 Å². The third kappa shape index (κ3) is 4.19. The van der Waals surface area contributed by atoms with Gasteiger partial charge in [-0.15, -0.1) is 0 Å². The van der Waals surface area contributed by atoms with Crippen LogP contribution in [0, 0.1) is 0 Å². The van der Waals surface area contributed by atoms with Crippen molar-refractivity contribution in [2.75, 3.05) is 29.2 Å². The zero-order chi connectivity index (χ0) is 16.2. The number of H-pyrrole nitrogens is 1. The van der Waals surface area contributed by atoms with Crippen LogP contribution in [0.3, 0.4) is 0 Å². The molecule has 0 saturated heterocycles. The number of fused-ring (bicyclic) bond motifs is 1. The highest BCUT2D eigenvalue weighted by Crippen LogP contribution is 2.32. The van der Waals surface area contributed by atoms with Gasteiger partial charge in [0.15, 0.2) is 5.82 Å². The van der Waals surface area contributed by atoms with Gasteiger partial charge in [-0.25, -0.2) is 0 Å². The van der Waals surface area contributed by atoms with E-state index in [0.29, 0.717) is 37.6 Å². The summed E-state index contributed by atoms with van der Waals surface area (Å²) in [6.07, 6.45) is 2.30. The van der Waals surface area contributed by atoms with Crippen LogP contribution in [-0.2, 0) is 4.57 Å². The molecular weight excluding hydrogens is 315 g/mol. The molecule has 124 valence electrons. The van der Waals surface area contributed by atoms with E-state index in [1.165, 1.54) is 0 Å². The Morgan fingerprint density at radius 2 is 2.05 bits per heavy atom. The van der Waals surface area contributed by atoms with Gasteiger partial charge in [-0.2, -0.15) is 13.8 Å². The first-order chi connectivity index (χ1) is 10.4. The zero-order valence-electron chi connectivity index (χ0n) is 12.1. The lowest BCUT2D eigenvalue weighted by molar-refractivity contribution is 0.0847. The topological polar surface area (TPSA) is 104 Å². The van der Waals surface area contributed by atoms with E-state index >= 15 is 0 Å². The third-order valence-electron chi connectivity index (χ3n) is 3.53. The predicted octanol–water partition coefficient (Wildman–Crippen LogP) is 1.84. The summed E-state index contributed by atoms with van der Waals surface area (Å²) >= 11 is 0. The summed E-state index contributed by atoms with van der Waals surface area (Å²) in [7, 11) is -2.04. The van der Waals surface area contributed by atoms with Gasteiger partial charge in [-0.3, -0.25) is 9.78 Å². The Morgan fingerprint density at radius 1 is 1.32 bits per heavy atom. The second kappa shape index (κ2) is 7.09. The van der Waals surface area contributed by atoms with Crippen LogP contribution in [-0.4, -0.2) is 28.8 Å². The maximum absolute atomic E-state index is 12.8. The molecule has 2 heterocycles. The zero-order valence-corrected chi connectivity index (χ0v) is 13.2. The van der Waals surface area contributed by atoms with Crippen molar-refractivity contribution in [2.24, 2.45) is 0 Å². The van der Waals surface area contributed by atoms with Gasteiger partial charge in [-0.05, 0) is 12.8 Å². The van der Waals surface area contributed by atoms with E-state index in [0.717, 1.165) is 12.8 Å². The standard InChI is InChI=1S/C12H20F2N5O2P/c13-12(14,22-21)5-3-1-2-4-6-19-7-16-8-9(19)17-11(15)18-10(8)20/h16H,1-7,22H2,(H3,15,17,18,20). The molecule has 0 spiro atoms. The molecule has 1 aliphatic rings. The second-order valence-electron chi connectivity index (χ2n) is 5.29. The molecular formula is C12H20F2N5O2P. The van der Waals surface area contributed by atoms with Crippen molar-refractivity contribution in [3.8, 4) is 0 Å². The number of nitrogens with one attached hydrogen (secondary N) is 2. The van der Waals surface area contributed by atoms with Gasteiger partial charge in [0.05, 0.1) is 6.67 Å². The minimum absolute atomic E-state index is 0.0693. The highest BCUT2D eigenvalue weighted by Gasteiger charge is 2.26. The molecule has 2 rings (SSSR count). The second-order valence-corrected chi connectivity index (χ2v) is 6.37. The molecule has 1 aromatic heterocycles. The predicted molar refractivity (Wildman–Crippen MR) is 83.5 cm³/mol. The van der Waals surface area contributed by atoms with Crippen molar-refractivity contribution in [3.05, 3.63) is 10.4 Å². The van der Waals surface area contributed by atoms with Gasteiger partial charge in [0.1, 0.15) is 14.1 Å². The average Bonchev–Trinajstić information content (AvgIpc) is 2.86. The third-order valence-corrected chi connectivity index (χ3v) is 4.16. The van der Waals surface area contributed by atoms with Crippen LogP contribution in [0.5, 0.6) is 0 Å². The highest BCUT2D eigenvalue weighted by molar-refractivity contribution is 7.25. The maximum Gasteiger partial charge on any atom is 0.293 e. The fraction of sp³-hybridized carbons (Fsp3) is 0.667. The monoisotopic (exact) mass is 335 g/mol. The van der Waals surface area contributed by atoms with Crippen LogP contribution in [0.25, 0.3) is 0 Å². The summed E-state index contributed by atoms with van der Waals surface area (Å²) < 4.78 is 35.9. The van der Waals surface area contributed by atoms with Crippen LogP contribution in [0.2, 0.25) is 0 Å². The molecule has 10 heteroatoms. The van der Waals surface area contributed by atoms with Gasteiger partial charge in [-0.1, -0.05) is 12.8 Å². The molecule has 0 fully saturated rings. The molecule has 0 radical (unpaired) electrons. The Morgan fingerprint density at radius 3 is 2.77 bits per heavy atom. The number of aromatic nitrogens is 2. The number of hydrogen-bond acceptors (Lipinski definition) is 6. The SMILES string of the molecule is Nc1nc2c(c(=O)[nH]1)NCN2CCCCCCC(F)(F)[PH2]=O. The van der Waals surface area contributed by atoms with Gasteiger partial charge in [0.25, 0.3) is 11.2 Å². The van der Waals surface area contributed by atoms with Crippen LogP contribution in [0.4, 0.5) is 26.2 Å². The average molecular weight is 335 g/mol. The minimum atomic E-state index is -3.00. The lowest BCUT2D eigenvalue weighted by Crippen LogP contribution is -2.24. The number of hydrogen-bond donors (Lipinski definition) is 3. The molecule has 22 heavy (non-hydrogen) atoms. The molecule has 0 aromatic carbocycles. The molecule has 0 bridgehead atoms. The molecule has 1 atom stereocenters. The molecule has 7 nitrogen and oxygen atoms in total. The van der Waals surface area contributed by atoms with Gasteiger partial charge < -0.3 is 20.5 Å². The molecule has 1 unspecified atom stereocenters. The Balaban J connectivity index is 1.74. The van der Waals surface area contributed by atoms with Crippen LogP contribution >= 0.6 is 8.46 Å². The van der Waals surface area contributed by atoms with Gasteiger partial charge in [0, 0.05) is 13.0 Å². The lowest BCUT2D eigenvalue weighted by Gasteiger charge is -2.16. The first-order valence-electron chi connectivity index (χ1n) is 7.16. The maximum atomic E-state index is 12.8. The van der Waals surface area contributed by atoms with Gasteiger partial charge >= 0.3 is 0 Å². The quantitative estimate of drug-likeness (QED) is 0.495. The summed E-state index contributed by atoms with van der Waals surface area (Å²) in [4.78, 5) is 20.1. The number of rotatable bonds is 8. The van der Waals surface area contributed by atoms with Crippen LogP contribution in [0.1, 0.15) is 32.1 Å². The van der Waals surface area contributed by atoms with E-state index < -0.39 is 14.1 Å². The Labute approximate surface area is 127 Å². The Hall–Kier alpha value is -1.63. The van der Waals surface area contributed by atoms with Crippen molar-refractivity contribution in [2.45, 2.75) is 37.8 Å². The summed E-state index contributed by atoms with van der Waals surface area (Å²) in [5.41, 5.74) is 2.64. The molecule has 0 saturated carbocycles. The first kappa shape index (κ1) is 16.7. The van der Waals surface area contributed by atoms with E-state index in [9.17, 15) is 18.1 Å². The van der Waals surface area contributed by atoms with E-state index in [2.05, 4.69) is 15.3 Å². The number of anilines is 3. The molecule has 0 amide bonds. The number of halogens is 2. The minimum Gasteiger partial charge on any atom is -0.369 e. The van der Waals surface area contributed by atoms with Crippen molar-refractivity contribution in [1.29, 1.82) is 0 Å². The van der Waals surface area contributed by atoms with Crippen molar-refractivity contribution < 1.29 is 13.3 Å². The summed E-state index contributed by atoms with van der Waals surface area (Å²) in [5, 5.41) is 2.96. The smallest absolute Gasteiger partial charge is 0.293 e. The normalized spacial score (nSPS) is 14.5. The Kier molecular flexibility index (Phi) is 5.39. The van der Waals surface area contributed by atoms with E-state index in [-0.39, 0.29) is 17.9 Å². The number of alkyl halides is 2. The number of nitrogens with zero attached hydrogens (tertiary/aromatic N) is 2. The first-order valence-corrected chi connectivity index (χ1v) is 8.20. The van der Waals surface area contributed by atoms with Gasteiger partial charge in [0.2, 0.25) is 5.95 Å². The summed E-state index contributed by atoms with van der Waals surface area (Å²) in [5.74, 6) is 0.600. The van der Waals surface area contributed by atoms with E-state index in [4.69, 9.17) is 5.73 Å². The molecule has 1 aliphatic heterocycles. The summed E-state index contributed by atoms with van der Waals surface area (Å²) in [6.45, 7) is 1.14. The fourth-order valence-electron chi connectivity index (χ4n) is 2.38. The number of unbranched alkanes of at least 4 members (excludes halogenated alkanes) is 3. The van der Waals surface area contributed by atoms with Crippen molar-refractivity contribution >= 4 is 25.9 Å². The molecule has 4 N–H and O–H groups in total. The summed E-state index contributed by atoms with van der Waals surface area (Å²) in [6, 6.07) is 0. The van der Waals surface area contributed by atoms with E-state index in [1.54, 1.807) is 0 Å². The van der Waals surface area contributed by atoms with Crippen LogP contribution < -0.4 is 21.5 Å². The number of aromatic amines is 1. The number of nitrogens with two attached hydrogens (primary N) is 1. The largest absolute Gasteiger partial charge is 0.369 e. The lowest BCUT2D eigenvalue weighted by atomic mass is 10.1. The van der Waals surface area contributed by atoms with Crippen molar-refractivity contribution in [1.82, 2.24) is 9.97 Å².